The quantitative estimate of drug-likeness (QED) is 0.174. The Morgan fingerprint density at radius 2 is 1.91 bits per heavy atom. The van der Waals surface area contributed by atoms with Gasteiger partial charge < -0.3 is 9.47 Å². The van der Waals surface area contributed by atoms with Crippen LogP contribution in [0.25, 0.3) is 6.08 Å². The number of methoxy groups -OCH3 is 1. The fourth-order valence-electron chi connectivity index (χ4n) is 3.12. The summed E-state index contributed by atoms with van der Waals surface area (Å²) in [6.45, 7) is 4.27. The van der Waals surface area contributed by atoms with Crippen LogP contribution in [0.1, 0.15) is 46.3 Å². The Balaban J connectivity index is 1.59. The minimum absolute atomic E-state index is 0.0720. The number of hydrogen-bond acceptors (Lipinski definition) is 8. The molecule has 0 aliphatic heterocycles. The van der Waals surface area contributed by atoms with Crippen LogP contribution in [0.2, 0.25) is 0 Å². The van der Waals surface area contributed by atoms with Crippen molar-refractivity contribution < 1.29 is 19.1 Å². The molecular formula is C26H26N4O4S. The molecule has 0 bridgehead atoms. The van der Waals surface area contributed by atoms with E-state index in [2.05, 4.69) is 15.5 Å². The lowest BCUT2D eigenvalue weighted by atomic mass is 10.1. The highest BCUT2D eigenvalue weighted by Gasteiger charge is 2.14. The van der Waals surface area contributed by atoms with E-state index in [1.807, 2.05) is 44.2 Å². The van der Waals surface area contributed by atoms with Crippen molar-refractivity contribution in [1.29, 1.82) is 5.26 Å². The molecule has 1 heterocycles. The number of nitrogens with zero attached hydrogens (tertiary/aromatic N) is 3. The predicted molar refractivity (Wildman–Crippen MR) is 135 cm³/mol. The number of benzene rings is 2. The Bertz CT molecular complexity index is 1260. The van der Waals surface area contributed by atoms with Gasteiger partial charge >= 0.3 is 0 Å². The van der Waals surface area contributed by atoms with E-state index < -0.39 is 5.91 Å². The Hall–Kier alpha value is -4.03. The molecule has 0 fully saturated rings. The molecule has 1 amide bonds. The normalized spacial score (nSPS) is 11.0. The van der Waals surface area contributed by atoms with Gasteiger partial charge in [0.2, 0.25) is 5.13 Å². The van der Waals surface area contributed by atoms with E-state index in [9.17, 15) is 14.9 Å². The number of carbonyl (C=O) groups is 2. The number of carbonyl (C=O) groups excluding carboxylic acids is 2. The monoisotopic (exact) mass is 490 g/mol. The van der Waals surface area contributed by atoms with Gasteiger partial charge in [-0.2, -0.15) is 5.26 Å². The molecule has 0 aliphatic carbocycles. The molecule has 35 heavy (non-hydrogen) atoms. The maximum absolute atomic E-state index is 12.5. The van der Waals surface area contributed by atoms with Gasteiger partial charge in [-0.3, -0.25) is 14.9 Å². The molecular weight excluding hydrogens is 464 g/mol. The lowest BCUT2D eigenvalue weighted by Gasteiger charge is -2.11. The van der Waals surface area contributed by atoms with Crippen LogP contribution >= 0.6 is 11.3 Å². The van der Waals surface area contributed by atoms with Crippen LogP contribution in [0, 0.1) is 18.3 Å². The second kappa shape index (κ2) is 12.4. The van der Waals surface area contributed by atoms with Crippen LogP contribution in [-0.2, 0) is 11.2 Å². The summed E-state index contributed by atoms with van der Waals surface area (Å²) in [5.74, 6) is 0.473. The van der Waals surface area contributed by atoms with Crippen molar-refractivity contribution >= 4 is 34.2 Å². The van der Waals surface area contributed by atoms with Crippen molar-refractivity contribution in [2.24, 2.45) is 0 Å². The van der Waals surface area contributed by atoms with E-state index in [-0.39, 0.29) is 11.4 Å². The summed E-state index contributed by atoms with van der Waals surface area (Å²) in [5, 5.41) is 21.0. The van der Waals surface area contributed by atoms with Gasteiger partial charge in [0.05, 0.1) is 13.7 Å². The zero-order chi connectivity index (χ0) is 25.2. The highest BCUT2D eigenvalue weighted by molar-refractivity contribution is 7.15. The van der Waals surface area contributed by atoms with Crippen LogP contribution in [-0.4, -0.2) is 35.6 Å². The molecule has 1 aromatic heterocycles. The summed E-state index contributed by atoms with van der Waals surface area (Å²) >= 11 is 1.27. The van der Waals surface area contributed by atoms with Gasteiger partial charge in [-0.25, -0.2) is 0 Å². The Morgan fingerprint density at radius 1 is 1.14 bits per heavy atom. The van der Waals surface area contributed by atoms with Gasteiger partial charge in [-0.05, 0) is 43.5 Å². The first-order chi connectivity index (χ1) is 16.9. The standard InChI is InChI=1S/C26H26N4O4S/c1-4-24-29-30-26(35-24)28-25(32)20(16-27)14-18-9-12-22(23(15-18)33-3)34-13-5-6-21(31)19-10-7-17(2)8-11-19/h7-12,14-15H,4-6,13H2,1-3H3,(H,28,30,32)/b20-14+. The summed E-state index contributed by atoms with van der Waals surface area (Å²) in [5.41, 5.74) is 2.32. The maximum atomic E-state index is 12.5. The highest BCUT2D eigenvalue weighted by atomic mass is 32.1. The maximum Gasteiger partial charge on any atom is 0.268 e. The van der Waals surface area contributed by atoms with Crippen molar-refractivity contribution in [1.82, 2.24) is 10.2 Å². The van der Waals surface area contributed by atoms with E-state index in [0.717, 1.165) is 10.6 Å². The summed E-state index contributed by atoms with van der Waals surface area (Å²) in [7, 11) is 1.51. The third-order valence-electron chi connectivity index (χ3n) is 5.03. The van der Waals surface area contributed by atoms with E-state index >= 15 is 0 Å². The molecule has 0 unspecified atom stereocenters. The molecule has 0 saturated heterocycles. The number of nitrogens with one attached hydrogen (secondary N) is 1. The number of aromatic nitrogens is 2. The second-order valence-corrected chi connectivity index (χ2v) is 8.69. The van der Waals surface area contributed by atoms with E-state index in [4.69, 9.17) is 9.47 Å². The zero-order valence-electron chi connectivity index (χ0n) is 19.8. The Labute approximate surface area is 208 Å². The molecule has 3 aromatic rings. The summed E-state index contributed by atoms with van der Waals surface area (Å²) in [6, 6.07) is 14.5. The number of amides is 1. The number of Topliss-reactive ketones (excluding diaryl/α,β-unsaturated/α-hetero) is 1. The first-order valence-corrected chi connectivity index (χ1v) is 11.9. The number of ether oxygens (including phenoxy) is 2. The Morgan fingerprint density at radius 3 is 2.57 bits per heavy atom. The van der Waals surface area contributed by atoms with Crippen molar-refractivity contribution in [2.75, 3.05) is 19.0 Å². The first-order valence-electron chi connectivity index (χ1n) is 11.1. The van der Waals surface area contributed by atoms with Crippen LogP contribution in [0.4, 0.5) is 5.13 Å². The number of rotatable bonds is 11. The predicted octanol–water partition coefficient (Wildman–Crippen LogP) is 5.01. The van der Waals surface area contributed by atoms with E-state index in [0.29, 0.717) is 53.6 Å². The SMILES string of the molecule is CCc1nnc(NC(=O)/C(C#N)=C/c2ccc(OCCCC(=O)c3ccc(C)cc3)c(OC)c2)s1. The molecule has 2 aromatic carbocycles. The Kier molecular flexibility index (Phi) is 9.09. The number of hydrogen-bond donors (Lipinski definition) is 1. The minimum Gasteiger partial charge on any atom is -0.493 e. The highest BCUT2D eigenvalue weighted by Crippen LogP contribution is 2.29. The summed E-state index contributed by atoms with van der Waals surface area (Å²) in [6.07, 6.45) is 3.11. The van der Waals surface area contributed by atoms with E-state index in [1.165, 1.54) is 24.5 Å². The largest absolute Gasteiger partial charge is 0.493 e. The average Bonchev–Trinajstić information content (AvgIpc) is 3.33. The van der Waals surface area contributed by atoms with Gasteiger partial charge in [-0.15, -0.1) is 10.2 Å². The topological polar surface area (TPSA) is 114 Å². The van der Waals surface area contributed by atoms with Crippen molar-refractivity contribution in [3.8, 4) is 17.6 Å². The third-order valence-corrected chi connectivity index (χ3v) is 6.02. The second-order valence-electron chi connectivity index (χ2n) is 7.63. The molecule has 3 rings (SSSR count). The smallest absolute Gasteiger partial charge is 0.268 e. The average molecular weight is 491 g/mol. The minimum atomic E-state index is -0.566. The lowest BCUT2D eigenvalue weighted by Crippen LogP contribution is -2.13. The molecule has 9 heteroatoms. The number of anilines is 1. The molecule has 180 valence electrons. The first kappa shape index (κ1) is 25.6. The number of aryl methyl sites for hydroxylation is 2. The molecule has 1 N–H and O–H groups in total. The number of nitriles is 1. The molecule has 8 nitrogen and oxygen atoms in total. The van der Waals surface area contributed by atoms with Gasteiger partial charge in [0, 0.05) is 12.0 Å². The molecule has 0 atom stereocenters. The lowest BCUT2D eigenvalue weighted by molar-refractivity contribution is -0.112. The van der Waals surface area contributed by atoms with Crippen LogP contribution in [0.3, 0.4) is 0 Å². The summed E-state index contributed by atoms with van der Waals surface area (Å²) < 4.78 is 11.2. The fourth-order valence-corrected chi connectivity index (χ4v) is 3.79. The van der Waals surface area contributed by atoms with Crippen molar-refractivity contribution in [2.45, 2.75) is 33.1 Å². The molecule has 0 spiro atoms. The third kappa shape index (κ3) is 7.22. The molecule has 0 saturated carbocycles. The van der Waals surface area contributed by atoms with Crippen molar-refractivity contribution in [3.63, 3.8) is 0 Å². The van der Waals surface area contributed by atoms with E-state index in [1.54, 1.807) is 18.2 Å². The van der Waals surface area contributed by atoms with Crippen LogP contribution in [0.5, 0.6) is 11.5 Å². The zero-order valence-corrected chi connectivity index (χ0v) is 20.6. The van der Waals surface area contributed by atoms with Crippen molar-refractivity contribution in [3.05, 3.63) is 69.7 Å². The van der Waals surface area contributed by atoms with Gasteiger partial charge in [-0.1, -0.05) is 54.2 Å². The van der Waals surface area contributed by atoms with Gasteiger partial charge in [0.15, 0.2) is 17.3 Å². The fraction of sp³-hybridized carbons (Fsp3) is 0.269. The van der Waals surface area contributed by atoms with Gasteiger partial charge in [0.1, 0.15) is 16.6 Å². The molecule has 0 aliphatic rings. The molecule has 0 radical (unpaired) electrons. The number of ketones is 1. The van der Waals surface area contributed by atoms with Crippen LogP contribution < -0.4 is 14.8 Å². The van der Waals surface area contributed by atoms with Gasteiger partial charge in [0.25, 0.3) is 5.91 Å². The van der Waals surface area contributed by atoms with Crippen LogP contribution in [0.15, 0.2) is 48.0 Å². The summed E-state index contributed by atoms with van der Waals surface area (Å²) in [4.78, 5) is 24.8.